The van der Waals surface area contributed by atoms with Crippen LogP contribution in [0.15, 0.2) is 40.9 Å². The summed E-state index contributed by atoms with van der Waals surface area (Å²) >= 11 is 3.68. The van der Waals surface area contributed by atoms with Gasteiger partial charge in [0.15, 0.2) is 0 Å². The molecule has 1 aliphatic heterocycles. The van der Waals surface area contributed by atoms with Crippen molar-refractivity contribution in [3.8, 4) is 0 Å². The van der Waals surface area contributed by atoms with Crippen LogP contribution in [0, 0.1) is 0 Å². The van der Waals surface area contributed by atoms with Gasteiger partial charge >= 0.3 is 0 Å². The first-order valence-electron chi connectivity index (χ1n) is 7.80. The topological polar surface area (TPSA) is 15.3 Å². The third-order valence-corrected chi connectivity index (χ3v) is 5.36. The fourth-order valence-electron chi connectivity index (χ4n) is 3.18. The molecule has 1 aliphatic rings. The molecule has 3 rings (SSSR count). The lowest BCUT2D eigenvalue weighted by Crippen LogP contribution is -2.48. The Bertz CT molecular complexity index is 640. The molecular weight excluding hydrogens is 324 g/mol. The van der Waals surface area contributed by atoms with Crippen LogP contribution in [-0.2, 0) is 0 Å². The van der Waals surface area contributed by atoms with Crippen molar-refractivity contribution in [3.05, 3.63) is 40.9 Å². The van der Waals surface area contributed by atoms with Crippen LogP contribution in [-0.4, -0.2) is 25.2 Å². The first kappa shape index (κ1) is 14.9. The van der Waals surface area contributed by atoms with E-state index in [4.69, 9.17) is 0 Å². The predicted molar refractivity (Wildman–Crippen MR) is 95.2 cm³/mol. The molecule has 112 valence electrons. The van der Waals surface area contributed by atoms with Crippen molar-refractivity contribution in [2.75, 3.05) is 24.5 Å². The van der Waals surface area contributed by atoms with Crippen LogP contribution >= 0.6 is 15.9 Å². The summed E-state index contributed by atoms with van der Waals surface area (Å²) < 4.78 is 1.17. The first-order valence-corrected chi connectivity index (χ1v) is 8.59. The highest BCUT2D eigenvalue weighted by molar-refractivity contribution is 9.10. The predicted octanol–water partition coefficient (Wildman–Crippen LogP) is 4.57. The van der Waals surface area contributed by atoms with Crippen molar-refractivity contribution < 1.29 is 0 Å². The zero-order valence-electron chi connectivity index (χ0n) is 12.8. The van der Waals surface area contributed by atoms with Crippen LogP contribution in [0.2, 0.25) is 0 Å². The lowest BCUT2D eigenvalue weighted by molar-refractivity contribution is 0.366. The minimum absolute atomic E-state index is 0.199. The Morgan fingerprint density at radius 3 is 2.71 bits per heavy atom. The molecule has 3 heteroatoms. The lowest BCUT2D eigenvalue weighted by Gasteiger charge is -2.34. The normalized spacial score (nSPS) is 23.3. The van der Waals surface area contributed by atoms with Gasteiger partial charge in [-0.05, 0) is 43.8 Å². The summed E-state index contributed by atoms with van der Waals surface area (Å²) in [5.41, 5.74) is 1.56. The van der Waals surface area contributed by atoms with Crippen molar-refractivity contribution in [2.24, 2.45) is 0 Å². The highest BCUT2D eigenvalue weighted by Gasteiger charge is 2.27. The molecule has 2 aromatic rings. The van der Waals surface area contributed by atoms with Gasteiger partial charge in [0.1, 0.15) is 0 Å². The second-order valence-electron chi connectivity index (χ2n) is 6.23. The van der Waals surface area contributed by atoms with E-state index in [0.29, 0.717) is 0 Å². The van der Waals surface area contributed by atoms with Crippen molar-refractivity contribution in [1.82, 2.24) is 5.32 Å². The number of nitrogens with one attached hydrogen (secondary N) is 1. The minimum Gasteiger partial charge on any atom is -0.369 e. The maximum Gasteiger partial charge on any atom is 0.0447 e. The monoisotopic (exact) mass is 346 g/mol. The van der Waals surface area contributed by atoms with E-state index in [2.05, 4.69) is 76.4 Å². The Morgan fingerprint density at radius 1 is 1.19 bits per heavy atom. The van der Waals surface area contributed by atoms with Crippen LogP contribution in [0.25, 0.3) is 10.8 Å². The molecule has 0 aliphatic carbocycles. The summed E-state index contributed by atoms with van der Waals surface area (Å²) in [6, 6.07) is 13.1. The van der Waals surface area contributed by atoms with Crippen LogP contribution < -0.4 is 10.2 Å². The third kappa shape index (κ3) is 2.95. The van der Waals surface area contributed by atoms with Crippen molar-refractivity contribution in [2.45, 2.75) is 32.2 Å². The van der Waals surface area contributed by atoms with E-state index in [1.165, 1.54) is 27.4 Å². The maximum absolute atomic E-state index is 3.72. The molecule has 1 atom stereocenters. The number of benzene rings is 2. The molecule has 2 aromatic carbocycles. The number of hydrogen-bond donors (Lipinski definition) is 1. The average molecular weight is 347 g/mol. The molecule has 21 heavy (non-hydrogen) atoms. The molecular formula is C18H23BrN2. The highest BCUT2D eigenvalue weighted by atomic mass is 79.9. The Kier molecular flexibility index (Phi) is 4.23. The van der Waals surface area contributed by atoms with Gasteiger partial charge in [-0.15, -0.1) is 0 Å². The van der Waals surface area contributed by atoms with Crippen molar-refractivity contribution in [1.29, 1.82) is 0 Å². The molecule has 2 nitrogen and oxygen atoms in total. The van der Waals surface area contributed by atoms with Gasteiger partial charge in [-0.1, -0.05) is 47.1 Å². The molecule has 0 aromatic heterocycles. The van der Waals surface area contributed by atoms with Gasteiger partial charge in [0.05, 0.1) is 0 Å². The largest absolute Gasteiger partial charge is 0.369 e. The summed E-state index contributed by atoms with van der Waals surface area (Å²) in [4.78, 5) is 2.55. The summed E-state index contributed by atoms with van der Waals surface area (Å²) in [6.07, 6.45) is 2.35. The van der Waals surface area contributed by atoms with Crippen LogP contribution in [0.4, 0.5) is 5.69 Å². The SMILES string of the molecule is CCC1(C)CN(c2ccc(Br)c3ccccc23)CCCN1. The molecule has 0 amide bonds. The Balaban J connectivity index is 2.05. The second-order valence-corrected chi connectivity index (χ2v) is 7.08. The fraction of sp³-hybridized carbons (Fsp3) is 0.444. The van der Waals surface area contributed by atoms with E-state index < -0.39 is 0 Å². The van der Waals surface area contributed by atoms with E-state index in [1.807, 2.05) is 0 Å². The molecule has 0 radical (unpaired) electrons. The Morgan fingerprint density at radius 2 is 1.95 bits per heavy atom. The summed E-state index contributed by atoms with van der Waals surface area (Å²) in [7, 11) is 0. The molecule has 1 saturated heterocycles. The van der Waals surface area contributed by atoms with Crippen LogP contribution in [0.5, 0.6) is 0 Å². The third-order valence-electron chi connectivity index (χ3n) is 4.67. The molecule has 1 fully saturated rings. The summed E-state index contributed by atoms with van der Waals surface area (Å²) in [6.45, 7) is 7.90. The fourth-order valence-corrected chi connectivity index (χ4v) is 3.66. The Hall–Kier alpha value is -1.06. The van der Waals surface area contributed by atoms with Gasteiger partial charge in [0.2, 0.25) is 0 Å². The number of anilines is 1. The van der Waals surface area contributed by atoms with E-state index in [-0.39, 0.29) is 5.54 Å². The van der Waals surface area contributed by atoms with Crippen molar-refractivity contribution in [3.63, 3.8) is 0 Å². The molecule has 0 spiro atoms. The second kappa shape index (κ2) is 5.98. The van der Waals surface area contributed by atoms with E-state index in [9.17, 15) is 0 Å². The minimum atomic E-state index is 0.199. The highest BCUT2D eigenvalue weighted by Crippen LogP contribution is 2.33. The summed E-state index contributed by atoms with van der Waals surface area (Å²) in [5.74, 6) is 0. The molecule has 1 unspecified atom stereocenters. The molecule has 0 bridgehead atoms. The first-order chi connectivity index (χ1) is 10.1. The zero-order valence-corrected chi connectivity index (χ0v) is 14.4. The quantitative estimate of drug-likeness (QED) is 0.856. The van der Waals surface area contributed by atoms with Gasteiger partial charge < -0.3 is 10.2 Å². The van der Waals surface area contributed by atoms with E-state index in [0.717, 1.165) is 26.1 Å². The van der Waals surface area contributed by atoms with Crippen LogP contribution in [0.3, 0.4) is 0 Å². The average Bonchev–Trinajstić information content (AvgIpc) is 2.71. The van der Waals surface area contributed by atoms with Gasteiger partial charge in [0, 0.05) is 34.2 Å². The standard InChI is InChI=1S/C18H23BrN2/c1-3-18(2)13-21(12-6-11-20-18)17-10-9-16(19)14-7-4-5-8-15(14)17/h4-5,7-10,20H,3,6,11-13H2,1-2H3. The number of hydrogen-bond acceptors (Lipinski definition) is 2. The maximum atomic E-state index is 3.72. The Labute approximate surface area is 135 Å². The smallest absolute Gasteiger partial charge is 0.0447 e. The molecule has 0 saturated carbocycles. The van der Waals surface area contributed by atoms with E-state index >= 15 is 0 Å². The number of rotatable bonds is 2. The van der Waals surface area contributed by atoms with Gasteiger partial charge in [-0.3, -0.25) is 0 Å². The summed E-state index contributed by atoms with van der Waals surface area (Å²) in [5, 5.41) is 6.35. The zero-order chi connectivity index (χ0) is 14.9. The van der Waals surface area contributed by atoms with E-state index in [1.54, 1.807) is 0 Å². The van der Waals surface area contributed by atoms with Gasteiger partial charge in [-0.25, -0.2) is 0 Å². The van der Waals surface area contributed by atoms with Gasteiger partial charge in [-0.2, -0.15) is 0 Å². The lowest BCUT2D eigenvalue weighted by atomic mass is 9.98. The molecule has 1 heterocycles. The number of fused-ring (bicyclic) bond motifs is 1. The van der Waals surface area contributed by atoms with Gasteiger partial charge in [0.25, 0.3) is 0 Å². The van der Waals surface area contributed by atoms with Crippen molar-refractivity contribution >= 4 is 32.4 Å². The van der Waals surface area contributed by atoms with Crippen LogP contribution in [0.1, 0.15) is 26.7 Å². The molecule has 1 N–H and O–H groups in total. The number of halogens is 1. The number of nitrogens with zero attached hydrogens (tertiary/aromatic N) is 1.